The van der Waals surface area contributed by atoms with Gasteiger partial charge < -0.3 is 29.7 Å². The first-order chi connectivity index (χ1) is 18.0. The molecule has 1 aromatic heterocycles. The largest absolute Gasteiger partial charge is 0.493 e. The van der Waals surface area contributed by atoms with Gasteiger partial charge in [0.15, 0.2) is 17.3 Å². The van der Waals surface area contributed by atoms with E-state index >= 15 is 0 Å². The van der Waals surface area contributed by atoms with Crippen molar-refractivity contribution in [1.29, 1.82) is 0 Å². The molecule has 0 bridgehead atoms. The Balaban J connectivity index is 1.40. The van der Waals surface area contributed by atoms with E-state index in [1.165, 1.54) is 19.2 Å². The topological polar surface area (TPSA) is 118 Å². The van der Waals surface area contributed by atoms with Gasteiger partial charge in [-0.1, -0.05) is 0 Å². The normalized spacial score (nSPS) is 17.9. The molecule has 11 nitrogen and oxygen atoms in total. The summed E-state index contributed by atoms with van der Waals surface area (Å²) in [5.74, 6) is 2.51. The van der Waals surface area contributed by atoms with Crippen molar-refractivity contribution in [2.45, 2.75) is 6.92 Å². The number of amides is 1. The molecule has 1 amide bonds. The first-order valence-electron chi connectivity index (χ1n) is 12.3. The van der Waals surface area contributed by atoms with Gasteiger partial charge in [0.05, 0.1) is 32.6 Å². The number of hydrogen-bond acceptors (Lipinski definition) is 10. The van der Waals surface area contributed by atoms with Gasteiger partial charge in [-0.25, -0.2) is 4.98 Å². The number of rotatable bonds is 8. The number of fused-ring (bicyclic) bond motifs is 3. The van der Waals surface area contributed by atoms with Crippen molar-refractivity contribution in [3.05, 3.63) is 53.5 Å². The Labute approximate surface area is 215 Å². The molecule has 0 atom stereocenters. The van der Waals surface area contributed by atoms with Gasteiger partial charge >= 0.3 is 0 Å². The Morgan fingerprint density at radius 2 is 2.03 bits per heavy atom. The number of ether oxygens (including phenoxy) is 3. The summed E-state index contributed by atoms with van der Waals surface area (Å²) >= 11 is 0. The number of ketones is 1. The number of benzene rings is 1. The maximum atomic E-state index is 13.1. The fourth-order valence-electron chi connectivity index (χ4n) is 4.50. The van der Waals surface area contributed by atoms with Gasteiger partial charge in [-0.05, 0) is 24.3 Å². The Morgan fingerprint density at radius 1 is 1.19 bits per heavy atom. The number of allylic oxidation sites excluding steroid dienone is 1. The fraction of sp³-hybridized carbons (Fsp3) is 0.385. The van der Waals surface area contributed by atoms with Crippen molar-refractivity contribution in [3.8, 4) is 11.5 Å². The molecule has 4 heterocycles. The molecule has 0 saturated carbocycles. The minimum atomic E-state index is -0.225. The van der Waals surface area contributed by atoms with Crippen LogP contribution in [0.15, 0.2) is 47.4 Å². The van der Waals surface area contributed by atoms with E-state index in [9.17, 15) is 9.59 Å². The molecule has 5 rings (SSSR count). The van der Waals surface area contributed by atoms with Gasteiger partial charge in [-0.15, -0.1) is 0 Å². The molecule has 194 valence electrons. The van der Waals surface area contributed by atoms with Crippen LogP contribution in [0.4, 0.5) is 11.5 Å². The maximum absolute atomic E-state index is 13.1. The average Bonchev–Trinajstić information content (AvgIpc) is 3.40. The van der Waals surface area contributed by atoms with Gasteiger partial charge in [0, 0.05) is 56.5 Å². The number of morpholine rings is 1. The number of amidine groups is 1. The second-order valence-corrected chi connectivity index (χ2v) is 8.81. The molecule has 3 aliphatic heterocycles. The highest BCUT2D eigenvalue weighted by Gasteiger charge is 2.33. The third-order valence-corrected chi connectivity index (χ3v) is 6.34. The van der Waals surface area contributed by atoms with Crippen molar-refractivity contribution < 1.29 is 23.8 Å². The lowest BCUT2D eigenvalue weighted by atomic mass is 10.1. The summed E-state index contributed by atoms with van der Waals surface area (Å²) in [6.45, 7) is 7.15. The van der Waals surface area contributed by atoms with Crippen LogP contribution in [0.1, 0.15) is 22.8 Å². The van der Waals surface area contributed by atoms with E-state index in [1.54, 1.807) is 19.2 Å². The van der Waals surface area contributed by atoms with Crippen molar-refractivity contribution in [1.82, 2.24) is 14.8 Å². The van der Waals surface area contributed by atoms with Gasteiger partial charge in [-0.3, -0.25) is 19.5 Å². The van der Waals surface area contributed by atoms with E-state index in [2.05, 4.69) is 20.5 Å². The van der Waals surface area contributed by atoms with Crippen molar-refractivity contribution in [2.24, 2.45) is 4.99 Å². The Kier molecular flexibility index (Phi) is 7.33. The smallest absolute Gasteiger partial charge is 0.222 e. The zero-order valence-corrected chi connectivity index (χ0v) is 21.0. The molecule has 1 aromatic carbocycles. The molecule has 2 N–H and O–H groups in total. The number of nitrogens with zero attached hydrogens (tertiary/aromatic N) is 4. The lowest BCUT2D eigenvalue weighted by Crippen LogP contribution is -2.39. The maximum Gasteiger partial charge on any atom is 0.222 e. The molecular formula is C26H30N6O5. The molecule has 2 aromatic rings. The summed E-state index contributed by atoms with van der Waals surface area (Å²) in [6, 6.07) is 7.07. The fourth-order valence-corrected chi connectivity index (χ4v) is 4.50. The van der Waals surface area contributed by atoms with Crippen molar-refractivity contribution >= 4 is 29.0 Å². The van der Waals surface area contributed by atoms with E-state index in [1.807, 2.05) is 17.0 Å². The Bertz CT molecular complexity index is 1240. The van der Waals surface area contributed by atoms with Crippen LogP contribution in [0.5, 0.6) is 11.5 Å². The predicted octanol–water partition coefficient (Wildman–Crippen LogP) is 1.97. The molecule has 37 heavy (non-hydrogen) atoms. The summed E-state index contributed by atoms with van der Waals surface area (Å²) in [4.78, 5) is 37.5. The highest BCUT2D eigenvalue weighted by atomic mass is 16.5. The third-order valence-electron chi connectivity index (χ3n) is 6.34. The number of hydrogen-bond donors (Lipinski definition) is 2. The van der Waals surface area contributed by atoms with Crippen LogP contribution in [-0.2, 0) is 9.53 Å². The number of nitrogens with one attached hydrogen (secondary N) is 2. The lowest BCUT2D eigenvalue weighted by Gasteiger charge is -2.33. The quantitative estimate of drug-likeness (QED) is 0.409. The second-order valence-electron chi connectivity index (χ2n) is 8.81. The first kappa shape index (κ1) is 24.7. The minimum Gasteiger partial charge on any atom is -0.493 e. The van der Waals surface area contributed by atoms with Gasteiger partial charge in [0.25, 0.3) is 0 Å². The number of methoxy groups -OCH3 is 1. The van der Waals surface area contributed by atoms with E-state index < -0.39 is 0 Å². The Morgan fingerprint density at radius 3 is 2.76 bits per heavy atom. The number of pyridine rings is 1. The van der Waals surface area contributed by atoms with Crippen molar-refractivity contribution in [3.63, 3.8) is 0 Å². The molecule has 1 fully saturated rings. The zero-order chi connectivity index (χ0) is 25.8. The second kappa shape index (κ2) is 11.0. The summed E-state index contributed by atoms with van der Waals surface area (Å²) in [5, 5.41) is 6.01. The van der Waals surface area contributed by atoms with E-state index in [0.717, 1.165) is 49.9 Å². The SMILES string of the molecule is COc1ccc2c(c1OCCN1CCOCC1)N/C(=C\C(=O)c1ccc(NC(C)=O)nc1)N1CCN=C21. The third kappa shape index (κ3) is 5.42. The number of carbonyl (C=O) groups excluding carboxylic acids is 2. The highest BCUT2D eigenvalue weighted by molar-refractivity contribution is 6.11. The summed E-state index contributed by atoms with van der Waals surface area (Å²) in [5.41, 5.74) is 2.02. The summed E-state index contributed by atoms with van der Waals surface area (Å²) in [7, 11) is 1.61. The molecular weight excluding hydrogens is 476 g/mol. The predicted molar refractivity (Wildman–Crippen MR) is 138 cm³/mol. The molecule has 0 radical (unpaired) electrons. The van der Waals surface area contributed by atoms with Crippen molar-refractivity contribution in [2.75, 3.05) is 70.3 Å². The molecule has 11 heteroatoms. The van der Waals surface area contributed by atoms with E-state index in [4.69, 9.17) is 19.2 Å². The van der Waals surface area contributed by atoms with Gasteiger partial charge in [-0.2, -0.15) is 0 Å². The number of aromatic nitrogens is 1. The number of carbonyl (C=O) groups is 2. The summed E-state index contributed by atoms with van der Waals surface area (Å²) in [6.07, 6.45) is 2.99. The molecule has 0 spiro atoms. The van der Waals surface area contributed by atoms with Crippen LogP contribution in [0, 0.1) is 0 Å². The lowest BCUT2D eigenvalue weighted by molar-refractivity contribution is -0.114. The minimum absolute atomic E-state index is 0.224. The van der Waals surface area contributed by atoms with Crippen LogP contribution < -0.4 is 20.1 Å². The number of anilines is 2. The van der Waals surface area contributed by atoms with Gasteiger partial charge in [0.2, 0.25) is 5.91 Å². The van der Waals surface area contributed by atoms with Crippen LogP contribution in [-0.4, -0.2) is 92.0 Å². The molecule has 1 saturated heterocycles. The van der Waals surface area contributed by atoms with Crippen LogP contribution in [0.2, 0.25) is 0 Å². The Hall–Kier alpha value is -3.96. The molecule has 3 aliphatic rings. The first-order valence-corrected chi connectivity index (χ1v) is 12.3. The van der Waals surface area contributed by atoms with E-state index in [0.29, 0.717) is 48.4 Å². The molecule has 0 unspecified atom stereocenters. The zero-order valence-electron chi connectivity index (χ0n) is 21.0. The van der Waals surface area contributed by atoms with Gasteiger partial charge in [0.1, 0.15) is 24.1 Å². The highest BCUT2D eigenvalue weighted by Crippen LogP contribution is 2.43. The van der Waals surface area contributed by atoms with Crippen LogP contribution >= 0.6 is 0 Å². The average molecular weight is 507 g/mol. The number of aliphatic imine (C=N–C) groups is 1. The summed E-state index contributed by atoms with van der Waals surface area (Å²) < 4.78 is 17.3. The van der Waals surface area contributed by atoms with Crippen LogP contribution in [0.3, 0.4) is 0 Å². The van der Waals surface area contributed by atoms with E-state index in [-0.39, 0.29) is 11.7 Å². The molecule has 0 aliphatic carbocycles. The van der Waals surface area contributed by atoms with Crippen LogP contribution in [0.25, 0.3) is 0 Å². The standard InChI is InChI=1S/C26H30N6O5/c1-17(33)29-22-6-3-18(16-28-22)20(34)15-23-30-24-19(26-27-7-8-32(23)26)4-5-21(35-2)25(24)37-14-11-31-9-12-36-13-10-31/h3-6,15-16,30H,7-14H2,1-2H3,(H,28,29,33)/b23-15+. The monoisotopic (exact) mass is 506 g/mol.